The first-order chi connectivity index (χ1) is 7.80. The van der Waals surface area contributed by atoms with Crippen molar-refractivity contribution in [3.63, 3.8) is 0 Å². The molecule has 1 amide bonds. The van der Waals surface area contributed by atoms with Crippen molar-refractivity contribution in [2.24, 2.45) is 5.73 Å². The third-order valence-electron chi connectivity index (χ3n) is 2.30. The summed E-state index contributed by atoms with van der Waals surface area (Å²) in [7, 11) is 0. The molecule has 1 aromatic carbocycles. The van der Waals surface area contributed by atoms with Crippen LogP contribution in [0.5, 0.6) is 0 Å². The van der Waals surface area contributed by atoms with Gasteiger partial charge in [0.2, 0.25) is 5.91 Å². The van der Waals surface area contributed by atoms with Crippen LogP contribution in [0.1, 0.15) is 25.5 Å². The highest BCUT2D eigenvalue weighted by Crippen LogP contribution is 2.15. The minimum Gasteiger partial charge on any atom is -0.387 e. The number of hydrogen-bond donors (Lipinski definition) is 3. The summed E-state index contributed by atoms with van der Waals surface area (Å²) in [6.07, 6.45) is -0.765. The van der Waals surface area contributed by atoms with Gasteiger partial charge in [0.05, 0.1) is 11.6 Å². The normalized spacial score (nSPS) is 12.5. The lowest BCUT2D eigenvalue weighted by atomic mass is 10.1. The van der Waals surface area contributed by atoms with Gasteiger partial charge in [-0.05, 0) is 31.5 Å². The Morgan fingerprint density at radius 1 is 1.44 bits per heavy atom. The summed E-state index contributed by atoms with van der Waals surface area (Å²) in [6, 6.07) is 6.81. The Labute approximate surface area is 118 Å². The number of aliphatic hydroxyl groups excluding tert-OH is 1. The Hall–Kier alpha value is -0.810. The van der Waals surface area contributed by atoms with Crippen molar-refractivity contribution < 1.29 is 9.90 Å². The number of rotatable bonds is 4. The molecule has 0 saturated heterocycles. The van der Waals surface area contributed by atoms with Crippen LogP contribution in [0.3, 0.4) is 0 Å². The van der Waals surface area contributed by atoms with Gasteiger partial charge in [-0.15, -0.1) is 12.4 Å². The Morgan fingerprint density at radius 3 is 2.39 bits per heavy atom. The summed E-state index contributed by atoms with van der Waals surface area (Å²) in [5.41, 5.74) is 5.37. The minimum absolute atomic E-state index is 0. The Bertz CT molecular complexity index is 388. The molecular formula is C12H18Cl2N2O2. The summed E-state index contributed by atoms with van der Waals surface area (Å²) < 4.78 is 0. The van der Waals surface area contributed by atoms with Gasteiger partial charge in [-0.2, -0.15) is 0 Å². The number of hydrogen-bond acceptors (Lipinski definition) is 3. The highest BCUT2D eigenvalue weighted by Gasteiger charge is 2.22. The average Bonchev–Trinajstić information content (AvgIpc) is 2.25. The van der Waals surface area contributed by atoms with E-state index in [2.05, 4.69) is 5.32 Å². The number of carbonyl (C=O) groups excluding carboxylic acids is 1. The van der Waals surface area contributed by atoms with E-state index >= 15 is 0 Å². The van der Waals surface area contributed by atoms with Crippen LogP contribution < -0.4 is 11.1 Å². The van der Waals surface area contributed by atoms with Crippen LogP contribution in [-0.4, -0.2) is 23.1 Å². The van der Waals surface area contributed by atoms with Gasteiger partial charge in [-0.25, -0.2) is 0 Å². The third kappa shape index (κ3) is 5.23. The molecule has 0 fully saturated rings. The van der Waals surface area contributed by atoms with Crippen LogP contribution in [-0.2, 0) is 4.79 Å². The molecule has 1 rings (SSSR count). The van der Waals surface area contributed by atoms with Gasteiger partial charge in [-0.1, -0.05) is 23.7 Å². The molecule has 0 spiro atoms. The highest BCUT2D eigenvalue weighted by molar-refractivity contribution is 6.30. The molecule has 1 unspecified atom stereocenters. The number of amides is 1. The fourth-order valence-electron chi connectivity index (χ4n) is 1.22. The molecule has 1 atom stereocenters. The molecule has 0 heterocycles. The molecule has 102 valence electrons. The zero-order chi connectivity index (χ0) is 13.1. The number of halogens is 2. The Balaban J connectivity index is 0.00000289. The second-order valence-corrected chi connectivity index (χ2v) is 4.94. The van der Waals surface area contributed by atoms with Crippen LogP contribution in [0, 0.1) is 0 Å². The smallest absolute Gasteiger partial charge is 0.239 e. The van der Waals surface area contributed by atoms with E-state index in [4.69, 9.17) is 17.3 Å². The van der Waals surface area contributed by atoms with Crippen molar-refractivity contribution in [3.8, 4) is 0 Å². The van der Waals surface area contributed by atoms with Gasteiger partial charge in [0.1, 0.15) is 0 Å². The molecule has 4 N–H and O–H groups in total. The van der Waals surface area contributed by atoms with Crippen molar-refractivity contribution in [1.29, 1.82) is 0 Å². The molecular weight excluding hydrogens is 275 g/mol. The fourth-order valence-corrected chi connectivity index (χ4v) is 1.35. The lowest BCUT2D eigenvalue weighted by Crippen LogP contribution is -2.49. The molecule has 4 nitrogen and oxygen atoms in total. The summed E-state index contributed by atoms with van der Waals surface area (Å²) in [5, 5.41) is 13.0. The standard InChI is InChI=1S/C12H17ClN2O2.ClH/c1-12(2,14)11(17)15-7-10(16)8-3-5-9(13)6-4-8;/h3-6,10,16H,7,14H2,1-2H3,(H,15,17);1H. The van der Waals surface area contributed by atoms with E-state index in [9.17, 15) is 9.90 Å². The van der Waals surface area contributed by atoms with Crippen LogP contribution in [0.2, 0.25) is 5.02 Å². The lowest BCUT2D eigenvalue weighted by Gasteiger charge is -2.19. The maximum atomic E-state index is 11.5. The van der Waals surface area contributed by atoms with Crippen LogP contribution in [0.25, 0.3) is 0 Å². The first-order valence-corrected chi connectivity index (χ1v) is 5.69. The number of aliphatic hydroxyl groups is 1. The average molecular weight is 293 g/mol. The predicted octanol–water partition coefficient (Wildman–Crippen LogP) is 1.65. The fraction of sp³-hybridized carbons (Fsp3) is 0.417. The summed E-state index contributed by atoms with van der Waals surface area (Å²) in [5.74, 6) is -0.300. The molecule has 0 aliphatic carbocycles. The number of carbonyl (C=O) groups is 1. The topological polar surface area (TPSA) is 75.4 Å². The van der Waals surface area contributed by atoms with Crippen LogP contribution >= 0.6 is 24.0 Å². The molecule has 0 radical (unpaired) electrons. The summed E-state index contributed by atoms with van der Waals surface area (Å²) in [4.78, 5) is 11.5. The second kappa shape index (κ2) is 6.95. The van der Waals surface area contributed by atoms with E-state index < -0.39 is 11.6 Å². The van der Waals surface area contributed by atoms with Crippen LogP contribution in [0.4, 0.5) is 0 Å². The van der Waals surface area contributed by atoms with E-state index in [0.29, 0.717) is 10.6 Å². The molecule has 1 aromatic rings. The monoisotopic (exact) mass is 292 g/mol. The van der Waals surface area contributed by atoms with E-state index in [-0.39, 0.29) is 24.9 Å². The lowest BCUT2D eigenvalue weighted by molar-refractivity contribution is -0.125. The summed E-state index contributed by atoms with van der Waals surface area (Å²) in [6.45, 7) is 3.34. The van der Waals surface area contributed by atoms with Gasteiger partial charge < -0.3 is 16.2 Å². The number of nitrogens with two attached hydrogens (primary N) is 1. The third-order valence-corrected chi connectivity index (χ3v) is 2.55. The first kappa shape index (κ1) is 17.2. The van der Waals surface area contributed by atoms with Crippen molar-refractivity contribution >= 4 is 29.9 Å². The molecule has 0 bridgehead atoms. The maximum absolute atomic E-state index is 11.5. The Kier molecular flexibility index (Phi) is 6.63. The molecule has 0 aromatic heterocycles. The second-order valence-electron chi connectivity index (χ2n) is 4.50. The summed E-state index contributed by atoms with van der Waals surface area (Å²) >= 11 is 5.74. The largest absolute Gasteiger partial charge is 0.387 e. The number of nitrogens with one attached hydrogen (secondary N) is 1. The predicted molar refractivity (Wildman–Crippen MR) is 74.9 cm³/mol. The zero-order valence-electron chi connectivity index (χ0n) is 10.3. The molecule has 0 aliphatic heterocycles. The first-order valence-electron chi connectivity index (χ1n) is 5.31. The molecule has 18 heavy (non-hydrogen) atoms. The zero-order valence-corrected chi connectivity index (χ0v) is 11.9. The maximum Gasteiger partial charge on any atom is 0.239 e. The van der Waals surface area contributed by atoms with Gasteiger partial charge in [0.15, 0.2) is 0 Å². The molecule has 0 aliphatic rings. The quantitative estimate of drug-likeness (QED) is 0.790. The number of benzene rings is 1. The minimum atomic E-state index is -0.945. The van der Waals surface area contributed by atoms with E-state index in [1.165, 1.54) is 0 Å². The van der Waals surface area contributed by atoms with Crippen molar-refractivity contribution in [1.82, 2.24) is 5.32 Å². The van der Waals surface area contributed by atoms with Crippen LogP contribution in [0.15, 0.2) is 24.3 Å². The van der Waals surface area contributed by atoms with E-state index in [0.717, 1.165) is 0 Å². The van der Waals surface area contributed by atoms with Gasteiger partial charge in [0.25, 0.3) is 0 Å². The molecule has 0 saturated carbocycles. The SMILES string of the molecule is CC(C)(N)C(=O)NCC(O)c1ccc(Cl)cc1.Cl. The van der Waals surface area contributed by atoms with E-state index in [1.807, 2.05) is 0 Å². The molecule has 6 heteroatoms. The van der Waals surface area contributed by atoms with Gasteiger partial charge >= 0.3 is 0 Å². The Morgan fingerprint density at radius 2 is 1.94 bits per heavy atom. The van der Waals surface area contributed by atoms with E-state index in [1.54, 1.807) is 38.1 Å². The van der Waals surface area contributed by atoms with Crippen molar-refractivity contribution in [3.05, 3.63) is 34.9 Å². The van der Waals surface area contributed by atoms with Crippen molar-refractivity contribution in [2.45, 2.75) is 25.5 Å². The van der Waals surface area contributed by atoms with Gasteiger partial charge in [0, 0.05) is 11.6 Å². The van der Waals surface area contributed by atoms with Gasteiger partial charge in [-0.3, -0.25) is 4.79 Å². The van der Waals surface area contributed by atoms with Crippen molar-refractivity contribution in [2.75, 3.05) is 6.54 Å². The highest BCUT2D eigenvalue weighted by atomic mass is 35.5.